The van der Waals surface area contributed by atoms with Crippen LogP contribution >= 0.6 is 0 Å². The predicted molar refractivity (Wildman–Crippen MR) is 65.3 cm³/mol. The molecule has 0 heterocycles. The van der Waals surface area contributed by atoms with Crippen LogP contribution in [0.1, 0.15) is 49.8 Å². The zero-order valence-corrected chi connectivity index (χ0v) is 10.4. The van der Waals surface area contributed by atoms with Crippen LogP contribution < -0.4 is 11.3 Å². The van der Waals surface area contributed by atoms with Crippen molar-refractivity contribution in [1.82, 2.24) is 5.43 Å². The second kappa shape index (κ2) is 6.67. The van der Waals surface area contributed by atoms with Gasteiger partial charge < -0.3 is 0 Å². The molecule has 0 aliphatic carbocycles. The molecule has 4 heteroatoms. The fourth-order valence-corrected chi connectivity index (χ4v) is 1.91. The van der Waals surface area contributed by atoms with E-state index >= 15 is 0 Å². The first kappa shape index (κ1) is 14.1. The van der Waals surface area contributed by atoms with Gasteiger partial charge in [0.25, 0.3) is 0 Å². The Balaban J connectivity index is 2.91. The molecule has 1 rings (SSSR count). The van der Waals surface area contributed by atoms with Crippen molar-refractivity contribution in [3.63, 3.8) is 0 Å². The first-order valence-electron chi connectivity index (χ1n) is 6.02. The highest BCUT2D eigenvalue weighted by Gasteiger charge is 2.20. The third-order valence-corrected chi connectivity index (χ3v) is 2.97. The molecule has 96 valence electrons. The quantitative estimate of drug-likeness (QED) is 0.456. The van der Waals surface area contributed by atoms with Crippen LogP contribution in [-0.4, -0.2) is 0 Å². The smallest absolute Gasteiger partial charge is 0.133 e. The summed E-state index contributed by atoms with van der Waals surface area (Å²) >= 11 is 0. The number of hydrogen-bond donors (Lipinski definition) is 2. The summed E-state index contributed by atoms with van der Waals surface area (Å²) in [4.78, 5) is 0. The fourth-order valence-electron chi connectivity index (χ4n) is 1.91. The third-order valence-electron chi connectivity index (χ3n) is 2.97. The highest BCUT2D eigenvalue weighted by Crippen LogP contribution is 2.26. The van der Waals surface area contributed by atoms with Crippen molar-refractivity contribution in [3.8, 4) is 0 Å². The van der Waals surface area contributed by atoms with Crippen molar-refractivity contribution in [2.75, 3.05) is 0 Å². The molecule has 1 aromatic rings. The number of hydrogen-bond acceptors (Lipinski definition) is 2. The largest absolute Gasteiger partial charge is 0.271 e. The van der Waals surface area contributed by atoms with E-state index in [4.69, 9.17) is 5.84 Å². The molecule has 0 bridgehead atoms. The van der Waals surface area contributed by atoms with Gasteiger partial charge in [-0.05, 0) is 25.0 Å². The van der Waals surface area contributed by atoms with E-state index in [0.717, 1.165) is 19.3 Å². The highest BCUT2D eigenvalue weighted by molar-refractivity contribution is 5.29. The Bertz CT molecular complexity index is 367. The molecule has 0 aromatic heterocycles. The lowest BCUT2D eigenvalue weighted by Crippen LogP contribution is -2.29. The Morgan fingerprint density at radius 1 is 1.29 bits per heavy atom. The zero-order valence-electron chi connectivity index (χ0n) is 10.4. The topological polar surface area (TPSA) is 38.0 Å². The standard InChI is InChI=1S/C13H20F2N2/c1-3-4-5-6-11(17-16)12-10(14)8-7-9(2)13(12)15/h7-8,11,17H,3-6,16H2,1-2H3. The molecule has 3 N–H and O–H groups in total. The average Bonchev–Trinajstić information content (AvgIpc) is 2.32. The van der Waals surface area contributed by atoms with E-state index in [1.165, 1.54) is 12.1 Å². The van der Waals surface area contributed by atoms with Gasteiger partial charge in [-0.15, -0.1) is 0 Å². The Kier molecular flexibility index (Phi) is 5.51. The molecule has 1 aromatic carbocycles. The van der Waals surface area contributed by atoms with Gasteiger partial charge in [0.2, 0.25) is 0 Å². The van der Waals surface area contributed by atoms with Crippen LogP contribution in [0.3, 0.4) is 0 Å². The summed E-state index contributed by atoms with van der Waals surface area (Å²) in [7, 11) is 0. The molecule has 0 fully saturated rings. The molecule has 0 spiro atoms. The van der Waals surface area contributed by atoms with Crippen LogP contribution in [0.5, 0.6) is 0 Å². The second-order valence-corrected chi connectivity index (χ2v) is 4.31. The van der Waals surface area contributed by atoms with Crippen LogP contribution in [0.25, 0.3) is 0 Å². The van der Waals surface area contributed by atoms with Crippen molar-refractivity contribution in [2.45, 2.75) is 45.6 Å². The number of nitrogens with one attached hydrogen (secondary N) is 1. The monoisotopic (exact) mass is 242 g/mol. The van der Waals surface area contributed by atoms with Gasteiger partial charge in [-0.1, -0.05) is 32.3 Å². The minimum Gasteiger partial charge on any atom is -0.271 e. The lowest BCUT2D eigenvalue weighted by atomic mass is 9.98. The van der Waals surface area contributed by atoms with Crippen LogP contribution in [0, 0.1) is 18.6 Å². The number of rotatable bonds is 6. The minimum atomic E-state index is -0.535. The molecule has 0 saturated heterocycles. The number of halogens is 2. The van der Waals surface area contributed by atoms with Gasteiger partial charge in [0.05, 0.1) is 6.04 Å². The summed E-state index contributed by atoms with van der Waals surface area (Å²) in [6.45, 7) is 3.70. The summed E-state index contributed by atoms with van der Waals surface area (Å²) in [6.07, 6.45) is 3.64. The molecule has 1 atom stereocenters. The highest BCUT2D eigenvalue weighted by atomic mass is 19.1. The fraction of sp³-hybridized carbons (Fsp3) is 0.538. The maximum absolute atomic E-state index is 13.9. The van der Waals surface area contributed by atoms with Gasteiger partial charge in [-0.25, -0.2) is 8.78 Å². The number of nitrogens with two attached hydrogens (primary N) is 1. The summed E-state index contributed by atoms with van der Waals surface area (Å²) in [5, 5.41) is 0. The summed E-state index contributed by atoms with van der Waals surface area (Å²) in [5.74, 6) is 4.36. The minimum absolute atomic E-state index is 0.0589. The van der Waals surface area contributed by atoms with Crippen LogP contribution in [0.2, 0.25) is 0 Å². The molecule has 0 aliphatic heterocycles. The van der Waals surface area contributed by atoms with Crippen LogP contribution in [0.15, 0.2) is 12.1 Å². The first-order chi connectivity index (χ1) is 8.11. The van der Waals surface area contributed by atoms with Crippen molar-refractivity contribution >= 4 is 0 Å². The van der Waals surface area contributed by atoms with Crippen molar-refractivity contribution in [2.24, 2.45) is 5.84 Å². The van der Waals surface area contributed by atoms with Gasteiger partial charge in [0.1, 0.15) is 11.6 Å². The Labute approximate surface area is 101 Å². The predicted octanol–water partition coefficient (Wildman–Crippen LogP) is 3.36. The molecule has 2 nitrogen and oxygen atoms in total. The summed E-state index contributed by atoms with van der Waals surface area (Å²) in [6, 6.07) is 2.27. The Hall–Kier alpha value is -1.00. The van der Waals surface area contributed by atoms with E-state index in [2.05, 4.69) is 12.3 Å². The molecular formula is C13H20F2N2. The van der Waals surface area contributed by atoms with Gasteiger partial charge in [-0.2, -0.15) is 0 Å². The Morgan fingerprint density at radius 3 is 2.59 bits per heavy atom. The average molecular weight is 242 g/mol. The maximum atomic E-state index is 13.9. The summed E-state index contributed by atoms with van der Waals surface area (Å²) < 4.78 is 27.5. The van der Waals surface area contributed by atoms with Crippen molar-refractivity contribution in [3.05, 3.63) is 34.9 Å². The number of hydrazine groups is 1. The van der Waals surface area contributed by atoms with Gasteiger partial charge in [0.15, 0.2) is 0 Å². The Morgan fingerprint density at radius 2 is 2.00 bits per heavy atom. The molecular weight excluding hydrogens is 222 g/mol. The van der Waals surface area contributed by atoms with E-state index < -0.39 is 17.7 Å². The maximum Gasteiger partial charge on any atom is 0.133 e. The number of unbranched alkanes of at least 4 members (excludes halogenated alkanes) is 2. The van der Waals surface area contributed by atoms with Crippen LogP contribution in [0.4, 0.5) is 8.78 Å². The lowest BCUT2D eigenvalue weighted by molar-refractivity contribution is 0.437. The number of aryl methyl sites for hydroxylation is 1. The van der Waals surface area contributed by atoms with Crippen LogP contribution in [-0.2, 0) is 0 Å². The van der Waals surface area contributed by atoms with Gasteiger partial charge in [-0.3, -0.25) is 11.3 Å². The van der Waals surface area contributed by atoms with Crippen molar-refractivity contribution in [1.29, 1.82) is 0 Å². The zero-order chi connectivity index (χ0) is 12.8. The van der Waals surface area contributed by atoms with E-state index in [1.807, 2.05) is 0 Å². The van der Waals surface area contributed by atoms with Gasteiger partial charge >= 0.3 is 0 Å². The first-order valence-corrected chi connectivity index (χ1v) is 6.02. The van der Waals surface area contributed by atoms with E-state index in [0.29, 0.717) is 12.0 Å². The second-order valence-electron chi connectivity index (χ2n) is 4.31. The molecule has 0 aliphatic rings. The summed E-state index contributed by atoms with van der Waals surface area (Å²) in [5.41, 5.74) is 3.01. The van der Waals surface area contributed by atoms with Gasteiger partial charge in [0, 0.05) is 5.56 Å². The van der Waals surface area contributed by atoms with E-state index in [9.17, 15) is 8.78 Å². The van der Waals surface area contributed by atoms with E-state index in [1.54, 1.807) is 6.92 Å². The van der Waals surface area contributed by atoms with E-state index in [-0.39, 0.29) is 5.56 Å². The molecule has 0 amide bonds. The molecule has 1 unspecified atom stereocenters. The molecule has 0 saturated carbocycles. The molecule has 0 radical (unpaired) electrons. The SMILES string of the molecule is CCCCCC(NN)c1c(F)ccc(C)c1F. The number of benzene rings is 1. The third kappa shape index (κ3) is 3.48. The normalized spacial score (nSPS) is 12.8. The molecule has 17 heavy (non-hydrogen) atoms. The lowest BCUT2D eigenvalue weighted by Gasteiger charge is -2.18. The van der Waals surface area contributed by atoms with Crippen molar-refractivity contribution < 1.29 is 8.78 Å².